The molecule has 7 heteroatoms. The second-order valence-electron chi connectivity index (χ2n) is 13.1. The average molecular weight is 808 g/mol. The quantitative estimate of drug-likeness (QED) is 0.0449. The predicted molar refractivity (Wildman–Crippen MR) is 215 cm³/mol. The van der Waals surface area contributed by atoms with Gasteiger partial charge in [0, 0.05) is 35.4 Å². The van der Waals surface area contributed by atoms with E-state index in [4.69, 9.17) is 34.7 Å². The van der Waals surface area contributed by atoms with Crippen molar-refractivity contribution in [1.82, 2.24) is 0 Å². The Morgan fingerprint density at radius 3 is 0.957 bits per heavy atom. The van der Waals surface area contributed by atoms with Gasteiger partial charge in [0.1, 0.15) is 0 Å². The van der Waals surface area contributed by atoms with Crippen LogP contribution in [0.5, 0.6) is 0 Å². The molecule has 0 aromatic heterocycles. The fourth-order valence-corrected chi connectivity index (χ4v) is 4.45. The summed E-state index contributed by atoms with van der Waals surface area (Å²) in [4.78, 5) is 22.1. The molecular weight excluding hydrogens is 727 g/mol. The van der Waals surface area contributed by atoms with Crippen LogP contribution in [0.2, 0.25) is 0 Å². The van der Waals surface area contributed by atoms with E-state index in [1.54, 1.807) is 0 Å². The fourth-order valence-electron chi connectivity index (χ4n) is 4.11. The van der Waals surface area contributed by atoms with Gasteiger partial charge in [0.2, 0.25) is 0 Å². The first-order chi connectivity index (χ1) is 22.2. The van der Waals surface area contributed by atoms with Crippen LogP contribution in [0, 0.1) is 25.7 Å². The Hall–Kier alpha value is 0.439. The maximum absolute atomic E-state index is 11.0. The molecule has 4 nitrogen and oxygen atoms in total. The summed E-state index contributed by atoms with van der Waals surface area (Å²) >= 11 is 9.44. The molecular formula is C40H80O4S2Sn. The van der Waals surface area contributed by atoms with Crippen LogP contribution in [0.25, 0.3) is 0 Å². The first kappa shape index (κ1) is 56.8. The van der Waals surface area contributed by atoms with Crippen LogP contribution in [0.4, 0.5) is 0 Å². The van der Waals surface area contributed by atoms with Gasteiger partial charge in [-0.2, -0.15) is 0 Å². The van der Waals surface area contributed by atoms with Gasteiger partial charge in [-0.05, 0) is 24.7 Å². The van der Waals surface area contributed by atoms with Crippen molar-refractivity contribution in [2.75, 3.05) is 24.7 Å². The van der Waals surface area contributed by atoms with Gasteiger partial charge in [-0.3, -0.25) is 9.59 Å². The number of hydrogen-bond donors (Lipinski definition) is 0. The van der Waals surface area contributed by atoms with Gasteiger partial charge in [0.05, 0.1) is 26.1 Å². The number of esters is 2. The summed E-state index contributed by atoms with van der Waals surface area (Å²) in [6, 6.07) is 0. The molecule has 280 valence electrons. The van der Waals surface area contributed by atoms with Gasteiger partial charge in [0.25, 0.3) is 0 Å². The Bertz CT molecular complexity index is 510. The van der Waals surface area contributed by atoms with Gasteiger partial charge in [-0.1, -0.05) is 209 Å². The molecule has 0 aliphatic carbocycles. The normalized spacial score (nSPS) is 10.1. The molecule has 0 saturated carbocycles. The summed E-state index contributed by atoms with van der Waals surface area (Å²) < 4.78 is 10.1. The third-order valence-corrected chi connectivity index (χ3v) is 7.61. The summed E-state index contributed by atoms with van der Waals surface area (Å²) in [6.45, 7) is 21.8. The zero-order valence-electron chi connectivity index (χ0n) is 32.3. The van der Waals surface area contributed by atoms with Crippen LogP contribution >= 0.6 is 25.3 Å². The Balaban J connectivity index is -0.000000200. The van der Waals surface area contributed by atoms with Crippen LogP contribution in [0.15, 0.2) is 0 Å². The number of carbonyl (C=O) groups is 2. The Morgan fingerprint density at radius 2 is 0.745 bits per heavy atom. The van der Waals surface area contributed by atoms with Gasteiger partial charge < -0.3 is 9.47 Å². The van der Waals surface area contributed by atoms with Crippen LogP contribution in [-0.4, -0.2) is 60.6 Å². The molecule has 0 aromatic rings. The van der Waals surface area contributed by atoms with Crippen molar-refractivity contribution in [2.45, 2.75) is 196 Å². The molecule has 0 amide bonds. The Kier molecular flexibility index (Phi) is 64.3. The molecule has 0 bridgehead atoms. The van der Waals surface area contributed by atoms with E-state index in [1.165, 1.54) is 116 Å². The predicted octanol–water partition coefficient (Wildman–Crippen LogP) is 13.4. The molecule has 0 spiro atoms. The van der Waals surface area contributed by atoms with Crippen molar-refractivity contribution in [1.29, 1.82) is 0 Å². The molecule has 0 heterocycles. The van der Waals surface area contributed by atoms with Crippen molar-refractivity contribution < 1.29 is 19.1 Å². The minimum absolute atomic E-state index is 0. The van der Waals surface area contributed by atoms with Crippen LogP contribution in [-0.2, 0) is 19.1 Å². The van der Waals surface area contributed by atoms with Crippen molar-refractivity contribution in [3.63, 3.8) is 0 Å². The standard InChI is InChI=1S/2C16H31O2S.2C4H9.Sn/c2*1-15(2)11-9-7-5-3-4-6-8-10-13-18-16(17)12-14-19;2*1-3-4-2;/h2*15H,3-14H2,1-2H3;2*1,3-4H2,2H3;. The smallest absolute Gasteiger partial charge is 0.306 e. The first-order valence-electron chi connectivity index (χ1n) is 19.2. The summed E-state index contributed by atoms with van der Waals surface area (Å²) in [5.74, 6) is 2.36. The van der Waals surface area contributed by atoms with Crippen molar-refractivity contribution in [2.24, 2.45) is 11.8 Å². The number of rotatable bonds is 28. The van der Waals surface area contributed by atoms with Gasteiger partial charge in [0.15, 0.2) is 0 Å². The SMILES string of the molecule is CC(C)CCCCCCCCCCOC(=O)CC[S].CC(C)CCCCCCCCCCOC(=O)CC[S].[CH2]CCC.[CH2]CCC.[Sn]. The van der Waals surface area contributed by atoms with E-state index in [0.717, 1.165) is 37.5 Å². The van der Waals surface area contributed by atoms with Crippen molar-refractivity contribution in [3.8, 4) is 0 Å². The molecule has 0 aliphatic rings. The maximum Gasteiger partial charge on any atom is 0.306 e. The molecule has 0 saturated heterocycles. The summed E-state index contributed by atoms with van der Waals surface area (Å²) in [5.41, 5.74) is 0. The van der Waals surface area contributed by atoms with Gasteiger partial charge in [-0.15, -0.1) is 0 Å². The van der Waals surface area contributed by atoms with Crippen molar-refractivity contribution in [3.05, 3.63) is 13.8 Å². The Labute approximate surface area is 324 Å². The number of unbranched alkanes of at least 4 members (excludes halogenated alkanes) is 16. The fraction of sp³-hybridized carbons (Fsp3) is 0.900. The molecule has 0 unspecified atom stereocenters. The van der Waals surface area contributed by atoms with Gasteiger partial charge >= 0.3 is 11.9 Å². The third kappa shape index (κ3) is 69.1. The zero-order chi connectivity index (χ0) is 35.5. The van der Waals surface area contributed by atoms with E-state index in [9.17, 15) is 9.59 Å². The average Bonchev–Trinajstić information content (AvgIpc) is 3.03. The summed E-state index contributed by atoms with van der Waals surface area (Å²) in [6.07, 6.45) is 28.6. The third-order valence-electron chi connectivity index (χ3n) is 7.20. The van der Waals surface area contributed by atoms with E-state index in [2.05, 4.69) is 55.4 Å². The van der Waals surface area contributed by atoms with Gasteiger partial charge in [-0.25, -0.2) is 0 Å². The molecule has 0 aliphatic heterocycles. The van der Waals surface area contributed by atoms with Crippen LogP contribution < -0.4 is 0 Å². The van der Waals surface area contributed by atoms with E-state index in [-0.39, 0.29) is 35.8 Å². The number of hydrogen-bond acceptors (Lipinski definition) is 4. The molecule has 0 atom stereocenters. The largest absolute Gasteiger partial charge is 0.466 e. The van der Waals surface area contributed by atoms with E-state index < -0.39 is 0 Å². The molecule has 0 fully saturated rings. The first-order valence-corrected chi connectivity index (χ1v) is 20.4. The van der Waals surface area contributed by atoms with Crippen LogP contribution in [0.3, 0.4) is 0 Å². The Morgan fingerprint density at radius 1 is 0.511 bits per heavy atom. The second kappa shape index (κ2) is 53.2. The number of ether oxygens (including phenoxy) is 2. The van der Waals surface area contributed by atoms with Crippen molar-refractivity contribution >= 4 is 61.1 Å². The second-order valence-corrected chi connectivity index (χ2v) is 13.9. The maximum atomic E-state index is 11.0. The zero-order valence-corrected chi connectivity index (χ0v) is 36.8. The molecule has 8 radical (unpaired) electrons. The molecule has 0 aromatic carbocycles. The topological polar surface area (TPSA) is 52.6 Å². The van der Waals surface area contributed by atoms with E-state index in [0.29, 0.717) is 37.6 Å². The van der Waals surface area contributed by atoms with E-state index in [1.807, 2.05) is 0 Å². The van der Waals surface area contributed by atoms with Crippen LogP contribution in [0.1, 0.15) is 196 Å². The monoisotopic (exact) mass is 808 g/mol. The summed E-state index contributed by atoms with van der Waals surface area (Å²) in [7, 11) is 0. The number of carbonyl (C=O) groups excluding carboxylic acids is 2. The minimum atomic E-state index is -0.139. The molecule has 0 N–H and O–H groups in total. The molecule has 47 heavy (non-hydrogen) atoms. The van der Waals surface area contributed by atoms with E-state index >= 15 is 0 Å². The minimum Gasteiger partial charge on any atom is -0.466 e. The molecule has 0 rings (SSSR count). The summed E-state index contributed by atoms with van der Waals surface area (Å²) in [5, 5.41) is 0.